The molecule has 0 unspecified atom stereocenters. The van der Waals surface area contributed by atoms with Gasteiger partial charge in [-0.15, -0.1) is 6.58 Å². The fourth-order valence-corrected chi connectivity index (χ4v) is 1.97. The summed E-state index contributed by atoms with van der Waals surface area (Å²) in [5, 5.41) is 10.0. The van der Waals surface area contributed by atoms with Crippen molar-refractivity contribution in [2.24, 2.45) is 0 Å². The quantitative estimate of drug-likeness (QED) is 0.356. The highest BCUT2D eigenvalue weighted by molar-refractivity contribution is 4.95. The molecule has 19 heavy (non-hydrogen) atoms. The van der Waals surface area contributed by atoms with Crippen molar-refractivity contribution in [3.8, 4) is 0 Å². The minimum Gasteiger partial charge on any atom is -0.390 e. The van der Waals surface area contributed by atoms with E-state index in [9.17, 15) is 5.11 Å². The van der Waals surface area contributed by atoms with Gasteiger partial charge in [0.25, 0.3) is 0 Å². The van der Waals surface area contributed by atoms with E-state index in [1.807, 2.05) is 26.0 Å². The summed E-state index contributed by atoms with van der Waals surface area (Å²) >= 11 is 0. The van der Waals surface area contributed by atoms with Crippen LogP contribution in [-0.4, -0.2) is 42.9 Å². The van der Waals surface area contributed by atoms with Crippen molar-refractivity contribution in [1.82, 2.24) is 0 Å². The van der Waals surface area contributed by atoms with E-state index in [1.54, 1.807) is 0 Å². The molecule has 110 valence electrons. The van der Waals surface area contributed by atoms with E-state index in [-0.39, 0.29) is 18.5 Å². The van der Waals surface area contributed by atoms with Gasteiger partial charge in [0, 0.05) is 13.2 Å². The molecule has 1 aliphatic heterocycles. The van der Waals surface area contributed by atoms with Gasteiger partial charge in [-0.1, -0.05) is 18.2 Å². The molecule has 1 saturated heterocycles. The molecule has 0 aliphatic carbocycles. The van der Waals surface area contributed by atoms with Crippen LogP contribution in [0, 0.1) is 0 Å². The number of hydrogen-bond donors (Lipinski definition) is 1. The number of aliphatic hydroxyl groups excluding tert-OH is 1. The summed E-state index contributed by atoms with van der Waals surface area (Å²) in [7, 11) is 0. The lowest BCUT2D eigenvalue weighted by atomic mass is 10.1. The monoisotopic (exact) mass is 270 g/mol. The van der Waals surface area contributed by atoms with Crippen LogP contribution in [0.5, 0.6) is 0 Å². The topological polar surface area (TPSA) is 51.2 Å². The maximum atomic E-state index is 10.0. The molecule has 1 rings (SSSR count). The number of ether oxygens (including phenoxy) is 3. The number of hydrogen-bond acceptors (Lipinski definition) is 4. The van der Waals surface area contributed by atoms with Crippen molar-refractivity contribution in [2.75, 3.05) is 13.2 Å². The van der Waals surface area contributed by atoms with Gasteiger partial charge in [0.2, 0.25) is 0 Å². The Morgan fingerprint density at radius 1 is 1.21 bits per heavy atom. The Hall–Kier alpha value is -0.680. The van der Waals surface area contributed by atoms with E-state index in [0.717, 1.165) is 12.8 Å². The molecule has 3 atom stereocenters. The van der Waals surface area contributed by atoms with Gasteiger partial charge in [-0.25, -0.2) is 0 Å². The van der Waals surface area contributed by atoms with Crippen LogP contribution >= 0.6 is 0 Å². The Balaban J connectivity index is 2.24. The van der Waals surface area contributed by atoms with Crippen molar-refractivity contribution in [3.63, 3.8) is 0 Å². The first kappa shape index (κ1) is 16.4. The fraction of sp³-hybridized carbons (Fsp3) is 0.733. The molecule has 0 aromatic rings. The maximum Gasteiger partial charge on any atom is 0.186 e. The Morgan fingerprint density at radius 2 is 1.89 bits per heavy atom. The molecule has 1 N–H and O–H groups in total. The van der Waals surface area contributed by atoms with Crippen molar-refractivity contribution >= 4 is 0 Å². The van der Waals surface area contributed by atoms with Crippen LogP contribution in [0.3, 0.4) is 0 Å². The van der Waals surface area contributed by atoms with Gasteiger partial charge in [0.15, 0.2) is 6.29 Å². The van der Waals surface area contributed by atoms with Crippen molar-refractivity contribution in [2.45, 2.75) is 57.7 Å². The van der Waals surface area contributed by atoms with Crippen molar-refractivity contribution < 1.29 is 19.3 Å². The molecular weight excluding hydrogens is 244 g/mol. The zero-order chi connectivity index (χ0) is 14.1. The third-order valence-corrected chi connectivity index (χ3v) is 2.97. The van der Waals surface area contributed by atoms with Crippen LogP contribution in [0.4, 0.5) is 0 Å². The molecule has 0 saturated carbocycles. The van der Waals surface area contributed by atoms with E-state index in [4.69, 9.17) is 14.2 Å². The summed E-state index contributed by atoms with van der Waals surface area (Å²) in [5.41, 5.74) is 0. The lowest BCUT2D eigenvalue weighted by Gasteiger charge is -2.15. The van der Waals surface area contributed by atoms with Gasteiger partial charge in [-0.3, -0.25) is 0 Å². The van der Waals surface area contributed by atoms with Crippen LogP contribution in [0.15, 0.2) is 24.8 Å². The minimum absolute atomic E-state index is 0.132. The first-order chi connectivity index (χ1) is 9.24. The second-order valence-corrected chi connectivity index (χ2v) is 4.48. The van der Waals surface area contributed by atoms with Crippen LogP contribution < -0.4 is 0 Å². The van der Waals surface area contributed by atoms with Gasteiger partial charge >= 0.3 is 0 Å². The highest BCUT2D eigenvalue weighted by Crippen LogP contribution is 2.32. The predicted molar refractivity (Wildman–Crippen MR) is 74.9 cm³/mol. The summed E-state index contributed by atoms with van der Waals surface area (Å²) in [6.45, 7) is 8.65. The van der Waals surface area contributed by atoms with Gasteiger partial charge in [-0.05, 0) is 33.1 Å². The second-order valence-electron chi connectivity index (χ2n) is 4.48. The number of aliphatic hydroxyl groups is 1. The average molecular weight is 270 g/mol. The Labute approximate surface area is 116 Å². The molecule has 0 bridgehead atoms. The van der Waals surface area contributed by atoms with E-state index >= 15 is 0 Å². The van der Waals surface area contributed by atoms with Crippen LogP contribution in [0.1, 0.15) is 33.1 Å². The standard InChI is InChI=1S/C15H26O4/c1-4-7-8-9-10-11-12(16)13-14(19-13)15(17-5-2)18-6-3/h4,8-9,12-16H,1,5-7,10-11H2,2-3H3/b9-8-/t12-,13+,14+/m0/s1. The smallest absolute Gasteiger partial charge is 0.186 e. The Bertz CT molecular complexity index is 271. The lowest BCUT2D eigenvalue weighted by Crippen LogP contribution is -2.28. The SMILES string of the molecule is C=CC/C=C\CC[C@H](O)[C@H]1O[C@H]1C(OCC)OCC. The maximum absolute atomic E-state index is 10.0. The molecule has 1 aliphatic rings. The number of rotatable bonds is 11. The van der Waals surface area contributed by atoms with E-state index in [1.165, 1.54) is 0 Å². The van der Waals surface area contributed by atoms with Gasteiger partial charge in [0.1, 0.15) is 12.2 Å². The van der Waals surface area contributed by atoms with Crippen LogP contribution in [0.25, 0.3) is 0 Å². The zero-order valence-corrected chi connectivity index (χ0v) is 12.0. The first-order valence-corrected chi connectivity index (χ1v) is 7.07. The van der Waals surface area contributed by atoms with Gasteiger partial charge < -0.3 is 19.3 Å². The molecule has 4 nitrogen and oxygen atoms in total. The Morgan fingerprint density at radius 3 is 2.47 bits per heavy atom. The molecule has 0 amide bonds. The minimum atomic E-state index is -0.457. The fourth-order valence-electron chi connectivity index (χ4n) is 1.97. The van der Waals surface area contributed by atoms with Gasteiger partial charge in [-0.2, -0.15) is 0 Å². The van der Waals surface area contributed by atoms with E-state index < -0.39 is 6.10 Å². The summed E-state index contributed by atoms with van der Waals surface area (Å²) < 4.78 is 16.4. The van der Waals surface area contributed by atoms with E-state index in [2.05, 4.69) is 12.7 Å². The molecule has 1 fully saturated rings. The number of allylic oxidation sites excluding steroid dienone is 3. The van der Waals surface area contributed by atoms with E-state index in [0.29, 0.717) is 19.6 Å². The summed E-state index contributed by atoms with van der Waals surface area (Å²) in [6, 6.07) is 0. The lowest BCUT2D eigenvalue weighted by molar-refractivity contribution is -0.147. The normalized spacial score (nSPS) is 24.0. The molecule has 0 aromatic carbocycles. The summed E-state index contributed by atoms with van der Waals surface area (Å²) in [5.74, 6) is 0. The highest BCUT2D eigenvalue weighted by Gasteiger charge is 2.50. The second kappa shape index (κ2) is 9.26. The van der Waals surface area contributed by atoms with Gasteiger partial charge in [0.05, 0.1) is 6.10 Å². The molecular formula is C15H26O4. The first-order valence-electron chi connectivity index (χ1n) is 7.07. The summed E-state index contributed by atoms with van der Waals surface area (Å²) in [4.78, 5) is 0. The predicted octanol–water partition coefficient (Wildman–Crippen LogP) is 2.43. The average Bonchev–Trinajstić information content (AvgIpc) is 3.18. The summed E-state index contributed by atoms with van der Waals surface area (Å²) in [6.07, 6.45) is 7.27. The zero-order valence-electron chi connectivity index (χ0n) is 12.0. The van der Waals surface area contributed by atoms with Crippen molar-refractivity contribution in [3.05, 3.63) is 24.8 Å². The molecule has 0 radical (unpaired) electrons. The largest absolute Gasteiger partial charge is 0.390 e. The van der Waals surface area contributed by atoms with Crippen LogP contribution in [0.2, 0.25) is 0 Å². The van der Waals surface area contributed by atoms with Crippen LogP contribution in [-0.2, 0) is 14.2 Å². The third-order valence-electron chi connectivity index (χ3n) is 2.97. The third kappa shape index (κ3) is 5.87. The molecule has 4 heteroatoms. The number of epoxide rings is 1. The molecule has 0 spiro atoms. The molecule has 0 aromatic heterocycles. The Kier molecular flexibility index (Phi) is 7.98. The molecule has 1 heterocycles. The van der Waals surface area contributed by atoms with Crippen molar-refractivity contribution in [1.29, 1.82) is 0 Å². The highest BCUT2D eigenvalue weighted by atomic mass is 16.7.